The van der Waals surface area contributed by atoms with Crippen LogP contribution < -0.4 is 10.2 Å². The molecule has 0 radical (unpaired) electrons. The summed E-state index contributed by atoms with van der Waals surface area (Å²) in [4.78, 5) is 40.3. The first-order chi connectivity index (χ1) is 14.4. The highest BCUT2D eigenvalue weighted by Gasteiger charge is 2.22. The SMILES string of the molecule is CCOC(=O)c1ccc(N2CCN(C(C)=O)CC2)c(NC(=O)c2ccc(F)cc2)c1. The Morgan fingerprint density at radius 1 is 1.00 bits per heavy atom. The maximum absolute atomic E-state index is 13.2. The maximum atomic E-state index is 13.2. The molecule has 0 atom stereocenters. The third-order valence-electron chi connectivity index (χ3n) is 4.93. The van der Waals surface area contributed by atoms with E-state index in [1.165, 1.54) is 31.2 Å². The lowest BCUT2D eigenvalue weighted by atomic mass is 10.1. The summed E-state index contributed by atoms with van der Waals surface area (Å²) in [6, 6.07) is 10.2. The quantitative estimate of drug-likeness (QED) is 0.763. The third kappa shape index (κ3) is 4.94. The van der Waals surface area contributed by atoms with Crippen molar-refractivity contribution >= 4 is 29.2 Å². The van der Waals surface area contributed by atoms with Crippen molar-refractivity contribution in [2.75, 3.05) is 43.0 Å². The number of halogens is 1. The zero-order chi connectivity index (χ0) is 21.7. The fourth-order valence-corrected chi connectivity index (χ4v) is 3.31. The van der Waals surface area contributed by atoms with Gasteiger partial charge >= 0.3 is 5.97 Å². The van der Waals surface area contributed by atoms with Gasteiger partial charge in [0.1, 0.15) is 5.82 Å². The Bertz CT molecular complexity index is 938. The molecule has 30 heavy (non-hydrogen) atoms. The van der Waals surface area contributed by atoms with Gasteiger partial charge in [-0.25, -0.2) is 9.18 Å². The lowest BCUT2D eigenvalue weighted by Gasteiger charge is -2.36. The van der Waals surface area contributed by atoms with Crippen LogP contribution in [0.5, 0.6) is 0 Å². The summed E-state index contributed by atoms with van der Waals surface area (Å²) in [6.07, 6.45) is 0. The molecular weight excluding hydrogens is 389 g/mol. The highest BCUT2D eigenvalue weighted by Crippen LogP contribution is 2.29. The van der Waals surface area contributed by atoms with Crippen molar-refractivity contribution in [2.45, 2.75) is 13.8 Å². The molecule has 1 N–H and O–H groups in total. The summed E-state index contributed by atoms with van der Waals surface area (Å²) < 4.78 is 18.2. The topological polar surface area (TPSA) is 79.0 Å². The van der Waals surface area contributed by atoms with Crippen LogP contribution in [0.3, 0.4) is 0 Å². The highest BCUT2D eigenvalue weighted by atomic mass is 19.1. The van der Waals surface area contributed by atoms with Gasteiger partial charge in [0, 0.05) is 38.7 Å². The van der Waals surface area contributed by atoms with Crippen molar-refractivity contribution in [1.82, 2.24) is 4.90 Å². The van der Waals surface area contributed by atoms with Crippen molar-refractivity contribution < 1.29 is 23.5 Å². The Balaban J connectivity index is 1.88. The van der Waals surface area contributed by atoms with E-state index in [0.717, 1.165) is 5.69 Å². The summed E-state index contributed by atoms with van der Waals surface area (Å²) in [6.45, 7) is 5.83. The molecule has 3 rings (SSSR count). The van der Waals surface area contributed by atoms with Crippen LogP contribution in [0.2, 0.25) is 0 Å². The van der Waals surface area contributed by atoms with Crippen LogP contribution in [0.4, 0.5) is 15.8 Å². The van der Waals surface area contributed by atoms with Crippen molar-refractivity contribution in [2.24, 2.45) is 0 Å². The molecule has 0 bridgehead atoms. The molecule has 2 aromatic carbocycles. The normalized spacial score (nSPS) is 13.7. The molecule has 0 unspecified atom stereocenters. The molecule has 1 aliphatic heterocycles. The average Bonchev–Trinajstić information content (AvgIpc) is 2.74. The van der Waals surface area contributed by atoms with Gasteiger partial charge in [-0.15, -0.1) is 0 Å². The van der Waals surface area contributed by atoms with E-state index >= 15 is 0 Å². The number of ether oxygens (including phenoxy) is 1. The van der Waals surface area contributed by atoms with Gasteiger partial charge in [0.2, 0.25) is 5.91 Å². The first kappa shape index (κ1) is 21.3. The minimum atomic E-state index is -0.484. The second-order valence-corrected chi connectivity index (χ2v) is 6.91. The van der Waals surface area contributed by atoms with Gasteiger partial charge in [-0.3, -0.25) is 9.59 Å². The lowest BCUT2D eigenvalue weighted by Crippen LogP contribution is -2.48. The zero-order valence-electron chi connectivity index (χ0n) is 17.0. The van der Waals surface area contributed by atoms with E-state index in [-0.39, 0.29) is 12.5 Å². The number of anilines is 2. The molecule has 0 aliphatic carbocycles. The van der Waals surface area contributed by atoms with Crippen molar-refractivity contribution in [3.8, 4) is 0 Å². The Kier molecular flexibility index (Phi) is 6.66. The van der Waals surface area contributed by atoms with Gasteiger partial charge in [-0.1, -0.05) is 0 Å². The van der Waals surface area contributed by atoms with Gasteiger partial charge in [0.05, 0.1) is 23.5 Å². The Labute approximate surface area is 174 Å². The number of nitrogens with one attached hydrogen (secondary N) is 1. The molecule has 158 valence electrons. The number of hydrogen-bond acceptors (Lipinski definition) is 5. The molecule has 0 spiro atoms. The van der Waals surface area contributed by atoms with Gasteiger partial charge in [-0.2, -0.15) is 0 Å². The van der Waals surface area contributed by atoms with Crippen molar-refractivity contribution in [1.29, 1.82) is 0 Å². The molecule has 8 heteroatoms. The predicted molar refractivity (Wildman–Crippen MR) is 111 cm³/mol. The molecule has 0 aromatic heterocycles. The molecule has 7 nitrogen and oxygen atoms in total. The molecule has 1 fully saturated rings. The van der Waals surface area contributed by atoms with Gasteiger partial charge < -0.3 is 19.9 Å². The predicted octanol–water partition coefficient (Wildman–Crippen LogP) is 2.92. The summed E-state index contributed by atoms with van der Waals surface area (Å²) >= 11 is 0. The molecule has 0 saturated carbocycles. The van der Waals surface area contributed by atoms with Crippen LogP contribution in [-0.4, -0.2) is 55.5 Å². The zero-order valence-corrected chi connectivity index (χ0v) is 17.0. The van der Waals surface area contributed by atoms with E-state index in [0.29, 0.717) is 43.0 Å². The Hall–Kier alpha value is -3.42. The van der Waals surface area contributed by atoms with E-state index in [1.807, 2.05) is 0 Å². The van der Waals surface area contributed by atoms with E-state index < -0.39 is 17.7 Å². The number of piperazine rings is 1. The Morgan fingerprint density at radius 2 is 1.63 bits per heavy atom. The molecule has 1 heterocycles. The van der Waals surface area contributed by atoms with Crippen LogP contribution in [-0.2, 0) is 9.53 Å². The first-order valence-corrected chi connectivity index (χ1v) is 9.77. The van der Waals surface area contributed by atoms with Gasteiger partial charge in [0.25, 0.3) is 5.91 Å². The first-order valence-electron chi connectivity index (χ1n) is 9.77. The number of benzene rings is 2. The molecule has 2 amide bonds. The fourth-order valence-electron chi connectivity index (χ4n) is 3.31. The van der Waals surface area contributed by atoms with Crippen LogP contribution in [0.15, 0.2) is 42.5 Å². The number of esters is 1. The molecule has 1 saturated heterocycles. The summed E-state index contributed by atoms with van der Waals surface area (Å²) in [7, 11) is 0. The molecule has 1 aliphatic rings. The average molecular weight is 413 g/mol. The van der Waals surface area contributed by atoms with E-state index in [4.69, 9.17) is 4.74 Å². The number of nitrogens with zero attached hydrogens (tertiary/aromatic N) is 2. The maximum Gasteiger partial charge on any atom is 0.338 e. The molecule has 2 aromatic rings. The van der Waals surface area contributed by atoms with E-state index in [2.05, 4.69) is 10.2 Å². The molecular formula is C22H24FN3O4. The van der Waals surface area contributed by atoms with Crippen LogP contribution in [0, 0.1) is 5.82 Å². The van der Waals surface area contributed by atoms with Gasteiger partial charge in [-0.05, 0) is 49.4 Å². The lowest BCUT2D eigenvalue weighted by molar-refractivity contribution is -0.129. The second kappa shape index (κ2) is 9.39. The number of amides is 2. The third-order valence-corrected chi connectivity index (χ3v) is 4.93. The largest absolute Gasteiger partial charge is 0.462 e. The van der Waals surface area contributed by atoms with Gasteiger partial charge in [0.15, 0.2) is 0 Å². The smallest absolute Gasteiger partial charge is 0.338 e. The van der Waals surface area contributed by atoms with E-state index in [1.54, 1.807) is 30.0 Å². The number of carbonyl (C=O) groups is 3. The van der Waals surface area contributed by atoms with Crippen molar-refractivity contribution in [3.63, 3.8) is 0 Å². The summed E-state index contributed by atoms with van der Waals surface area (Å²) in [5.74, 6) is -1.31. The standard InChI is InChI=1S/C22H24FN3O4/c1-3-30-22(29)17-6-9-20(26-12-10-25(11-13-26)15(2)27)19(14-17)24-21(28)16-4-7-18(23)8-5-16/h4-9,14H,3,10-13H2,1-2H3,(H,24,28). The Morgan fingerprint density at radius 3 is 2.23 bits per heavy atom. The number of carbonyl (C=O) groups excluding carboxylic acids is 3. The minimum Gasteiger partial charge on any atom is -0.462 e. The number of hydrogen-bond donors (Lipinski definition) is 1. The number of rotatable bonds is 5. The minimum absolute atomic E-state index is 0.0251. The van der Waals surface area contributed by atoms with Crippen LogP contribution in [0.25, 0.3) is 0 Å². The van der Waals surface area contributed by atoms with Crippen LogP contribution >= 0.6 is 0 Å². The fraction of sp³-hybridized carbons (Fsp3) is 0.318. The van der Waals surface area contributed by atoms with Crippen LogP contribution in [0.1, 0.15) is 34.6 Å². The highest BCUT2D eigenvalue weighted by molar-refractivity contribution is 6.06. The summed E-state index contributed by atoms with van der Waals surface area (Å²) in [5.41, 5.74) is 1.80. The van der Waals surface area contributed by atoms with E-state index in [9.17, 15) is 18.8 Å². The second-order valence-electron chi connectivity index (χ2n) is 6.91. The monoisotopic (exact) mass is 413 g/mol. The summed E-state index contributed by atoms with van der Waals surface area (Å²) in [5, 5.41) is 2.82. The van der Waals surface area contributed by atoms with Crippen molar-refractivity contribution in [3.05, 3.63) is 59.4 Å².